The van der Waals surface area contributed by atoms with Crippen molar-refractivity contribution in [2.45, 2.75) is 33.7 Å². The van der Waals surface area contributed by atoms with Crippen LogP contribution in [0.5, 0.6) is 0 Å². The number of rotatable bonds is 4. The Balaban J connectivity index is 2.37. The maximum atomic E-state index is 13.5. The van der Waals surface area contributed by atoms with Crippen molar-refractivity contribution in [3.8, 4) is 11.4 Å². The summed E-state index contributed by atoms with van der Waals surface area (Å²) in [5.41, 5.74) is 3.58. The Kier molecular flexibility index (Phi) is 4.45. The third-order valence-electron chi connectivity index (χ3n) is 3.29. The fraction of sp³-hybridized carbons (Fsp3) is 0.375. The largest absolute Gasteiger partial charge is 0.310 e. The second-order valence-electron chi connectivity index (χ2n) is 5.03. The van der Waals surface area contributed by atoms with Crippen LogP contribution in [0.2, 0.25) is 0 Å². The van der Waals surface area contributed by atoms with Gasteiger partial charge in [0, 0.05) is 29.1 Å². The van der Waals surface area contributed by atoms with E-state index in [0.717, 1.165) is 23.4 Å². The Morgan fingerprint density at radius 1 is 1.25 bits per heavy atom. The SMILES string of the molecule is CCNC(C)c1cnc(-c2cc(C)cc(F)c2)nc1C. The molecule has 3 nitrogen and oxygen atoms in total. The zero-order valence-corrected chi connectivity index (χ0v) is 12.4. The van der Waals surface area contributed by atoms with E-state index < -0.39 is 0 Å². The van der Waals surface area contributed by atoms with Crippen LogP contribution in [0.25, 0.3) is 11.4 Å². The fourth-order valence-electron chi connectivity index (χ4n) is 2.32. The van der Waals surface area contributed by atoms with E-state index in [2.05, 4.69) is 29.1 Å². The lowest BCUT2D eigenvalue weighted by Gasteiger charge is -2.15. The molecule has 0 spiro atoms. The van der Waals surface area contributed by atoms with Gasteiger partial charge in [-0.1, -0.05) is 6.92 Å². The summed E-state index contributed by atoms with van der Waals surface area (Å²) in [6.07, 6.45) is 1.82. The van der Waals surface area contributed by atoms with Crippen molar-refractivity contribution in [1.29, 1.82) is 0 Å². The molecule has 0 aliphatic heterocycles. The standard InChI is InChI=1S/C16H20FN3/c1-5-18-11(3)15-9-19-16(20-12(15)4)13-6-10(2)7-14(17)8-13/h6-9,11,18H,5H2,1-4H3. The van der Waals surface area contributed by atoms with Crippen molar-refractivity contribution in [3.63, 3.8) is 0 Å². The average molecular weight is 273 g/mol. The van der Waals surface area contributed by atoms with Gasteiger partial charge < -0.3 is 5.32 Å². The highest BCUT2D eigenvalue weighted by atomic mass is 19.1. The Hall–Kier alpha value is -1.81. The third kappa shape index (κ3) is 3.20. The molecule has 0 saturated heterocycles. The molecule has 20 heavy (non-hydrogen) atoms. The van der Waals surface area contributed by atoms with Gasteiger partial charge in [0.2, 0.25) is 0 Å². The van der Waals surface area contributed by atoms with Gasteiger partial charge in [-0.15, -0.1) is 0 Å². The smallest absolute Gasteiger partial charge is 0.159 e. The van der Waals surface area contributed by atoms with Crippen molar-refractivity contribution >= 4 is 0 Å². The molecule has 1 unspecified atom stereocenters. The van der Waals surface area contributed by atoms with E-state index in [0.29, 0.717) is 11.4 Å². The fourth-order valence-corrected chi connectivity index (χ4v) is 2.32. The zero-order chi connectivity index (χ0) is 14.7. The molecule has 1 atom stereocenters. The lowest BCUT2D eigenvalue weighted by molar-refractivity contribution is 0.590. The minimum absolute atomic E-state index is 0.211. The molecule has 0 fully saturated rings. The molecule has 2 aromatic rings. The summed E-state index contributed by atoms with van der Waals surface area (Å²) in [4.78, 5) is 8.89. The highest BCUT2D eigenvalue weighted by Gasteiger charge is 2.11. The van der Waals surface area contributed by atoms with Gasteiger partial charge >= 0.3 is 0 Å². The van der Waals surface area contributed by atoms with Gasteiger partial charge in [0.25, 0.3) is 0 Å². The van der Waals surface area contributed by atoms with Gasteiger partial charge in [-0.05, 0) is 51.1 Å². The summed E-state index contributed by atoms with van der Waals surface area (Å²) in [5, 5.41) is 3.34. The molecule has 0 radical (unpaired) electrons. The van der Waals surface area contributed by atoms with E-state index in [4.69, 9.17) is 0 Å². The maximum Gasteiger partial charge on any atom is 0.159 e. The summed E-state index contributed by atoms with van der Waals surface area (Å²) in [6.45, 7) is 8.87. The van der Waals surface area contributed by atoms with Crippen molar-refractivity contribution in [2.75, 3.05) is 6.54 Å². The molecular weight excluding hydrogens is 253 g/mol. The van der Waals surface area contributed by atoms with Crippen LogP contribution in [-0.2, 0) is 0 Å². The summed E-state index contributed by atoms with van der Waals surface area (Å²) >= 11 is 0. The number of hydrogen-bond acceptors (Lipinski definition) is 3. The molecule has 0 saturated carbocycles. The predicted octanol–water partition coefficient (Wildman–Crippen LogP) is 3.57. The summed E-state index contributed by atoms with van der Waals surface area (Å²) in [6, 6.07) is 5.07. The molecule has 0 aliphatic rings. The second kappa shape index (κ2) is 6.09. The monoisotopic (exact) mass is 273 g/mol. The third-order valence-corrected chi connectivity index (χ3v) is 3.29. The number of aryl methyl sites for hydroxylation is 2. The van der Waals surface area contributed by atoms with Crippen LogP contribution in [0, 0.1) is 19.7 Å². The van der Waals surface area contributed by atoms with Crippen LogP contribution in [0.15, 0.2) is 24.4 Å². The van der Waals surface area contributed by atoms with Gasteiger partial charge in [0.15, 0.2) is 5.82 Å². The van der Waals surface area contributed by atoms with E-state index in [-0.39, 0.29) is 11.9 Å². The Bertz CT molecular complexity index is 590. The minimum atomic E-state index is -0.258. The number of nitrogens with zero attached hydrogens (tertiary/aromatic N) is 2. The lowest BCUT2D eigenvalue weighted by Crippen LogP contribution is -2.19. The van der Waals surface area contributed by atoms with Gasteiger partial charge in [-0.2, -0.15) is 0 Å². The molecule has 106 valence electrons. The van der Waals surface area contributed by atoms with Crippen LogP contribution in [0.1, 0.15) is 36.7 Å². The maximum absolute atomic E-state index is 13.5. The van der Waals surface area contributed by atoms with Crippen molar-refractivity contribution in [3.05, 3.63) is 47.0 Å². The second-order valence-corrected chi connectivity index (χ2v) is 5.03. The van der Waals surface area contributed by atoms with Gasteiger partial charge in [0.1, 0.15) is 5.82 Å². The molecule has 1 aromatic carbocycles. The number of halogens is 1. The molecular formula is C16H20FN3. The number of benzene rings is 1. The molecule has 0 bridgehead atoms. The number of hydrogen-bond donors (Lipinski definition) is 1. The average Bonchev–Trinajstić information content (AvgIpc) is 2.37. The Labute approximate surface area is 119 Å². The van der Waals surface area contributed by atoms with Crippen molar-refractivity contribution < 1.29 is 4.39 Å². The van der Waals surface area contributed by atoms with E-state index in [9.17, 15) is 4.39 Å². The normalized spacial score (nSPS) is 12.4. The van der Waals surface area contributed by atoms with Crippen LogP contribution in [-0.4, -0.2) is 16.5 Å². The first-order chi connectivity index (χ1) is 9.51. The Morgan fingerprint density at radius 3 is 2.60 bits per heavy atom. The highest BCUT2D eigenvalue weighted by molar-refractivity contribution is 5.56. The van der Waals surface area contributed by atoms with Gasteiger partial charge in [-0.25, -0.2) is 14.4 Å². The number of aromatic nitrogens is 2. The van der Waals surface area contributed by atoms with E-state index in [1.807, 2.05) is 26.1 Å². The van der Waals surface area contributed by atoms with Crippen LogP contribution >= 0.6 is 0 Å². The first-order valence-corrected chi connectivity index (χ1v) is 6.85. The predicted molar refractivity (Wildman–Crippen MR) is 79.0 cm³/mol. The van der Waals surface area contributed by atoms with Gasteiger partial charge in [0.05, 0.1) is 0 Å². The molecule has 0 aliphatic carbocycles. The first-order valence-electron chi connectivity index (χ1n) is 6.85. The topological polar surface area (TPSA) is 37.8 Å². The van der Waals surface area contributed by atoms with Crippen LogP contribution < -0.4 is 5.32 Å². The van der Waals surface area contributed by atoms with E-state index in [1.165, 1.54) is 12.1 Å². The molecule has 4 heteroatoms. The summed E-state index contributed by atoms with van der Waals surface area (Å²) < 4.78 is 13.5. The molecule has 1 N–H and O–H groups in total. The van der Waals surface area contributed by atoms with Crippen molar-refractivity contribution in [2.24, 2.45) is 0 Å². The highest BCUT2D eigenvalue weighted by Crippen LogP contribution is 2.21. The molecule has 0 amide bonds. The first kappa shape index (κ1) is 14.6. The van der Waals surface area contributed by atoms with Crippen LogP contribution in [0.4, 0.5) is 4.39 Å². The minimum Gasteiger partial charge on any atom is -0.310 e. The quantitative estimate of drug-likeness (QED) is 0.925. The van der Waals surface area contributed by atoms with Crippen LogP contribution in [0.3, 0.4) is 0 Å². The lowest BCUT2D eigenvalue weighted by atomic mass is 10.1. The molecule has 1 heterocycles. The summed E-state index contributed by atoms with van der Waals surface area (Å²) in [5.74, 6) is 0.309. The molecule has 1 aromatic heterocycles. The zero-order valence-electron chi connectivity index (χ0n) is 12.4. The van der Waals surface area contributed by atoms with E-state index in [1.54, 1.807) is 0 Å². The molecule has 2 rings (SSSR count). The summed E-state index contributed by atoms with van der Waals surface area (Å²) in [7, 11) is 0. The van der Waals surface area contributed by atoms with Crippen molar-refractivity contribution in [1.82, 2.24) is 15.3 Å². The van der Waals surface area contributed by atoms with E-state index >= 15 is 0 Å². The Morgan fingerprint density at radius 2 is 2.00 bits per heavy atom. The van der Waals surface area contributed by atoms with Gasteiger partial charge in [-0.3, -0.25) is 0 Å². The number of nitrogens with one attached hydrogen (secondary N) is 1.